The topological polar surface area (TPSA) is 18.5 Å². The third-order valence-corrected chi connectivity index (χ3v) is 3.82. The molecule has 0 N–H and O–H groups in total. The van der Waals surface area contributed by atoms with Gasteiger partial charge in [0.25, 0.3) is 0 Å². The van der Waals surface area contributed by atoms with Gasteiger partial charge in [-0.1, -0.05) is 44.0 Å². The predicted octanol–water partition coefficient (Wildman–Crippen LogP) is 3.38. The number of hydrogen-bond donors (Lipinski definition) is 0. The van der Waals surface area contributed by atoms with Gasteiger partial charge in [0.2, 0.25) is 0 Å². The third kappa shape index (κ3) is 2.14. The second kappa shape index (κ2) is 4.83. The zero-order valence-electron chi connectivity index (χ0n) is 10.4. The molecule has 3 heteroatoms. The van der Waals surface area contributed by atoms with Crippen LogP contribution in [0.15, 0.2) is 24.3 Å². The van der Waals surface area contributed by atoms with Crippen LogP contribution in [0, 0.1) is 0 Å². The summed E-state index contributed by atoms with van der Waals surface area (Å²) in [7, 11) is 0.0242. The molecule has 1 heterocycles. The second-order valence-electron chi connectivity index (χ2n) is 5.04. The first-order valence-electron chi connectivity index (χ1n) is 6.77. The van der Waals surface area contributed by atoms with E-state index in [2.05, 4.69) is 31.2 Å². The minimum Gasteiger partial charge on any atom is -0.405 e. The first kappa shape index (κ1) is 11.3. The first-order valence-corrected chi connectivity index (χ1v) is 6.77. The molecule has 0 bridgehead atoms. The Kier molecular flexibility index (Phi) is 3.21. The van der Waals surface area contributed by atoms with Crippen LogP contribution in [-0.4, -0.2) is 13.2 Å². The summed E-state index contributed by atoms with van der Waals surface area (Å²) in [4.78, 5) is 0. The molecule has 0 spiro atoms. The minimum atomic E-state index is 0.0242. The Morgan fingerprint density at radius 3 is 3.06 bits per heavy atom. The molecule has 1 saturated heterocycles. The van der Waals surface area contributed by atoms with Gasteiger partial charge in [0.15, 0.2) is 0 Å². The smallest absolute Gasteiger partial charge is 0.405 e. The van der Waals surface area contributed by atoms with Crippen molar-refractivity contribution >= 4 is 7.12 Å². The van der Waals surface area contributed by atoms with Crippen LogP contribution in [0.3, 0.4) is 0 Å². The van der Waals surface area contributed by atoms with Crippen molar-refractivity contribution in [3.05, 3.63) is 35.4 Å². The van der Waals surface area contributed by atoms with Crippen LogP contribution in [0.25, 0.3) is 0 Å². The van der Waals surface area contributed by atoms with Gasteiger partial charge in [-0.05, 0) is 30.3 Å². The van der Waals surface area contributed by atoms with E-state index in [1.54, 1.807) is 0 Å². The SMILES string of the molecule is CCCCB1O[C@@H]2CCc3ccccc3[C@@H]2O1. The van der Waals surface area contributed by atoms with Crippen LogP contribution in [0.4, 0.5) is 0 Å². The lowest BCUT2D eigenvalue weighted by Crippen LogP contribution is -2.22. The Labute approximate surface area is 103 Å². The van der Waals surface area contributed by atoms with Crippen molar-refractivity contribution in [2.45, 2.75) is 51.1 Å². The Morgan fingerprint density at radius 1 is 1.29 bits per heavy atom. The molecule has 1 aromatic rings. The van der Waals surface area contributed by atoms with E-state index < -0.39 is 0 Å². The molecule has 1 aliphatic carbocycles. The summed E-state index contributed by atoms with van der Waals surface area (Å²) in [6.07, 6.45) is 6.12. The number of unbranched alkanes of at least 4 members (excludes halogenated alkanes) is 1. The molecular formula is C14H19BO2. The Balaban J connectivity index is 1.75. The normalized spacial score (nSPS) is 26.8. The van der Waals surface area contributed by atoms with Gasteiger partial charge >= 0.3 is 7.12 Å². The van der Waals surface area contributed by atoms with Crippen molar-refractivity contribution in [3.63, 3.8) is 0 Å². The molecule has 90 valence electrons. The Bertz CT molecular complexity index is 394. The van der Waals surface area contributed by atoms with E-state index in [0.717, 1.165) is 19.2 Å². The van der Waals surface area contributed by atoms with Gasteiger partial charge in [0.05, 0.1) is 12.2 Å². The van der Waals surface area contributed by atoms with Crippen LogP contribution in [0.5, 0.6) is 0 Å². The predicted molar refractivity (Wildman–Crippen MR) is 68.9 cm³/mol. The second-order valence-corrected chi connectivity index (χ2v) is 5.04. The highest BCUT2D eigenvalue weighted by Crippen LogP contribution is 2.40. The summed E-state index contributed by atoms with van der Waals surface area (Å²) in [6.45, 7) is 2.21. The Hall–Kier alpha value is -0.795. The molecular weight excluding hydrogens is 211 g/mol. The van der Waals surface area contributed by atoms with E-state index in [-0.39, 0.29) is 19.3 Å². The average Bonchev–Trinajstić information content (AvgIpc) is 2.79. The number of benzene rings is 1. The maximum Gasteiger partial charge on any atom is 0.457 e. The van der Waals surface area contributed by atoms with E-state index >= 15 is 0 Å². The van der Waals surface area contributed by atoms with Crippen molar-refractivity contribution in [2.75, 3.05) is 0 Å². The van der Waals surface area contributed by atoms with E-state index in [1.165, 1.54) is 24.0 Å². The highest BCUT2D eigenvalue weighted by Gasteiger charge is 2.42. The molecule has 1 aromatic carbocycles. The van der Waals surface area contributed by atoms with Crippen LogP contribution in [-0.2, 0) is 15.7 Å². The largest absolute Gasteiger partial charge is 0.457 e. The lowest BCUT2D eigenvalue weighted by molar-refractivity contribution is 0.138. The summed E-state index contributed by atoms with van der Waals surface area (Å²) < 4.78 is 12.1. The van der Waals surface area contributed by atoms with E-state index in [1.807, 2.05) is 0 Å². The van der Waals surface area contributed by atoms with Crippen molar-refractivity contribution < 1.29 is 9.31 Å². The molecule has 1 fully saturated rings. The minimum absolute atomic E-state index is 0.0242. The van der Waals surface area contributed by atoms with Gasteiger partial charge in [-0.25, -0.2) is 0 Å². The molecule has 2 aliphatic rings. The van der Waals surface area contributed by atoms with Crippen molar-refractivity contribution in [1.29, 1.82) is 0 Å². The summed E-state index contributed by atoms with van der Waals surface area (Å²) in [6, 6.07) is 8.62. The molecule has 2 nitrogen and oxygen atoms in total. The summed E-state index contributed by atoms with van der Waals surface area (Å²) in [5.74, 6) is 0. The van der Waals surface area contributed by atoms with Crippen LogP contribution < -0.4 is 0 Å². The highest BCUT2D eigenvalue weighted by molar-refractivity contribution is 6.45. The molecule has 0 aromatic heterocycles. The fourth-order valence-corrected chi connectivity index (χ4v) is 2.89. The Morgan fingerprint density at radius 2 is 2.18 bits per heavy atom. The first-order chi connectivity index (χ1) is 8.38. The van der Waals surface area contributed by atoms with Gasteiger partial charge in [0.1, 0.15) is 0 Å². The molecule has 0 amide bonds. The molecule has 17 heavy (non-hydrogen) atoms. The van der Waals surface area contributed by atoms with E-state index in [0.29, 0.717) is 0 Å². The molecule has 0 unspecified atom stereocenters. The van der Waals surface area contributed by atoms with Crippen LogP contribution in [0.1, 0.15) is 43.4 Å². The monoisotopic (exact) mass is 230 g/mol. The van der Waals surface area contributed by atoms with Gasteiger partial charge < -0.3 is 9.31 Å². The lowest BCUT2D eigenvalue weighted by Gasteiger charge is -2.26. The standard InChI is InChI=1S/C14H19BO2/c1-2-3-10-15-16-13-9-8-11-6-4-5-7-12(11)14(13)17-15/h4-7,13-14H,2-3,8-10H2,1H3/t13-,14+/m1/s1. The maximum atomic E-state index is 6.07. The summed E-state index contributed by atoms with van der Waals surface area (Å²) >= 11 is 0. The quantitative estimate of drug-likeness (QED) is 0.741. The molecule has 0 saturated carbocycles. The zero-order chi connectivity index (χ0) is 11.7. The van der Waals surface area contributed by atoms with E-state index in [4.69, 9.17) is 9.31 Å². The zero-order valence-corrected chi connectivity index (χ0v) is 10.4. The highest BCUT2D eigenvalue weighted by atomic mass is 16.7. The molecule has 3 rings (SSSR count). The maximum absolute atomic E-state index is 6.07. The number of rotatable bonds is 3. The number of fused-ring (bicyclic) bond motifs is 3. The van der Waals surface area contributed by atoms with Gasteiger partial charge in [-0.15, -0.1) is 0 Å². The summed E-state index contributed by atoms with van der Waals surface area (Å²) in [5, 5.41) is 0. The fourth-order valence-electron chi connectivity index (χ4n) is 2.89. The molecule has 0 radical (unpaired) electrons. The number of hydrogen-bond acceptors (Lipinski definition) is 2. The van der Waals surface area contributed by atoms with Crippen molar-refractivity contribution in [2.24, 2.45) is 0 Å². The van der Waals surface area contributed by atoms with Crippen LogP contribution >= 0.6 is 0 Å². The lowest BCUT2D eigenvalue weighted by atomic mass is 9.83. The van der Waals surface area contributed by atoms with Gasteiger partial charge in [-0.2, -0.15) is 0 Å². The van der Waals surface area contributed by atoms with Gasteiger partial charge in [-0.3, -0.25) is 0 Å². The van der Waals surface area contributed by atoms with Crippen molar-refractivity contribution in [3.8, 4) is 0 Å². The summed E-state index contributed by atoms with van der Waals surface area (Å²) in [5.41, 5.74) is 2.79. The van der Waals surface area contributed by atoms with E-state index in [9.17, 15) is 0 Å². The van der Waals surface area contributed by atoms with Crippen LogP contribution in [0.2, 0.25) is 6.32 Å². The molecule has 2 atom stereocenters. The number of aryl methyl sites for hydroxylation is 1. The third-order valence-electron chi connectivity index (χ3n) is 3.82. The molecule has 1 aliphatic heterocycles. The van der Waals surface area contributed by atoms with Gasteiger partial charge in [0, 0.05) is 0 Å². The fraction of sp³-hybridized carbons (Fsp3) is 0.571. The van der Waals surface area contributed by atoms with Crippen molar-refractivity contribution in [1.82, 2.24) is 0 Å². The average molecular weight is 230 g/mol.